The van der Waals surface area contributed by atoms with Gasteiger partial charge >= 0.3 is 6.03 Å². The number of aromatic amines is 1. The number of urea groups is 1. The monoisotopic (exact) mass is 245 g/mol. The van der Waals surface area contributed by atoms with Gasteiger partial charge in [0.2, 0.25) is 0 Å². The summed E-state index contributed by atoms with van der Waals surface area (Å²) in [5.74, 6) is 0.598. The first-order valence-corrected chi connectivity index (χ1v) is 6.27. The highest BCUT2D eigenvalue weighted by atomic mass is 16.2. The number of fused-ring (bicyclic) bond motifs is 1. The maximum absolute atomic E-state index is 11.6. The number of benzene rings is 1. The topological polar surface area (TPSA) is 56.9 Å². The molecule has 0 atom stereocenters. The first kappa shape index (κ1) is 12.5. The Morgan fingerprint density at radius 2 is 2.17 bits per heavy atom. The second-order valence-electron chi connectivity index (χ2n) is 4.84. The Labute approximate surface area is 107 Å². The quantitative estimate of drug-likeness (QED) is 0.760. The largest absolute Gasteiger partial charge is 0.361 e. The Morgan fingerprint density at radius 1 is 1.33 bits per heavy atom. The Hall–Kier alpha value is -1.97. The number of amides is 2. The van der Waals surface area contributed by atoms with Crippen LogP contribution in [0.5, 0.6) is 0 Å². The number of anilines is 1. The molecule has 0 aliphatic rings. The summed E-state index contributed by atoms with van der Waals surface area (Å²) in [4.78, 5) is 14.8. The molecule has 0 aliphatic heterocycles. The number of carbonyl (C=O) groups excluding carboxylic acids is 1. The van der Waals surface area contributed by atoms with Crippen LogP contribution in [0.1, 0.15) is 20.3 Å². The molecule has 0 aliphatic carbocycles. The minimum absolute atomic E-state index is 0.151. The number of aromatic nitrogens is 1. The average Bonchev–Trinajstić information content (AvgIpc) is 2.75. The lowest BCUT2D eigenvalue weighted by atomic mass is 10.1. The van der Waals surface area contributed by atoms with Gasteiger partial charge in [0, 0.05) is 23.9 Å². The summed E-state index contributed by atoms with van der Waals surface area (Å²) >= 11 is 0. The molecule has 2 aromatic rings. The van der Waals surface area contributed by atoms with Crippen LogP contribution in [0.25, 0.3) is 10.9 Å². The van der Waals surface area contributed by atoms with Crippen molar-refractivity contribution in [3.8, 4) is 0 Å². The molecule has 2 rings (SSSR count). The molecule has 0 fully saturated rings. The molecule has 0 saturated heterocycles. The zero-order valence-corrected chi connectivity index (χ0v) is 10.8. The summed E-state index contributed by atoms with van der Waals surface area (Å²) in [6.07, 6.45) is 2.88. The van der Waals surface area contributed by atoms with Crippen molar-refractivity contribution >= 4 is 22.6 Å². The molecule has 2 amide bonds. The smallest absolute Gasteiger partial charge is 0.319 e. The number of hydrogen-bond donors (Lipinski definition) is 3. The number of carbonyl (C=O) groups is 1. The minimum Gasteiger partial charge on any atom is -0.361 e. The second kappa shape index (κ2) is 5.58. The molecule has 96 valence electrons. The molecular weight excluding hydrogens is 226 g/mol. The molecule has 0 unspecified atom stereocenters. The zero-order chi connectivity index (χ0) is 13.0. The second-order valence-corrected chi connectivity index (χ2v) is 4.84. The van der Waals surface area contributed by atoms with Crippen molar-refractivity contribution in [3.63, 3.8) is 0 Å². The van der Waals surface area contributed by atoms with E-state index in [2.05, 4.69) is 29.5 Å². The lowest BCUT2D eigenvalue weighted by molar-refractivity contribution is 0.251. The molecule has 1 aromatic heterocycles. The Kier molecular flexibility index (Phi) is 3.87. The summed E-state index contributed by atoms with van der Waals surface area (Å²) in [6.45, 7) is 4.98. The van der Waals surface area contributed by atoms with E-state index >= 15 is 0 Å². The van der Waals surface area contributed by atoms with Crippen LogP contribution in [0.2, 0.25) is 0 Å². The van der Waals surface area contributed by atoms with Crippen molar-refractivity contribution in [2.75, 3.05) is 11.9 Å². The molecule has 0 spiro atoms. The maximum Gasteiger partial charge on any atom is 0.319 e. The summed E-state index contributed by atoms with van der Waals surface area (Å²) in [5.41, 5.74) is 1.82. The number of H-pyrrole nitrogens is 1. The van der Waals surface area contributed by atoms with Gasteiger partial charge in [0.25, 0.3) is 0 Å². The van der Waals surface area contributed by atoms with Gasteiger partial charge in [-0.05, 0) is 35.9 Å². The van der Waals surface area contributed by atoms with Crippen molar-refractivity contribution in [2.24, 2.45) is 5.92 Å². The van der Waals surface area contributed by atoms with Crippen LogP contribution in [0.3, 0.4) is 0 Å². The molecule has 3 N–H and O–H groups in total. The molecular formula is C14H19N3O. The first-order chi connectivity index (χ1) is 8.65. The van der Waals surface area contributed by atoms with E-state index < -0.39 is 0 Å². The van der Waals surface area contributed by atoms with Crippen LogP contribution < -0.4 is 10.6 Å². The number of nitrogens with one attached hydrogen (secondary N) is 3. The van der Waals surface area contributed by atoms with Crippen molar-refractivity contribution in [1.82, 2.24) is 10.3 Å². The number of hydrogen-bond acceptors (Lipinski definition) is 1. The van der Waals surface area contributed by atoms with E-state index in [1.807, 2.05) is 30.5 Å². The molecule has 0 bridgehead atoms. The number of rotatable bonds is 4. The zero-order valence-electron chi connectivity index (χ0n) is 10.8. The maximum atomic E-state index is 11.6. The SMILES string of the molecule is CC(C)CCNC(=O)Nc1ccc2cc[nH]c2c1. The lowest BCUT2D eigenvalue weighted by Gasteiger charge is -2.09. The van der Waals surface area contributed by atoms with E-state index in [9.17, 15) is 4.79 Å². The van der Waals surface area contributed by atoms with Crippen LogP contribution in [-0.4, -0.2) is 17.6 Å². The van der Waals surface area contributed by atoms with Crippen LogP contribution >= 0.6 is 0 Å². The predicted molar refractivity (Wildman–Crippen MR) is 74.8 cm³/mol. The van der Waals surface area contributed by atoms with E-state index in [1.165, 1.54) is 0 Å². The predicted octanol–water partition coefficient (Wildman–Crippen LogP) is 3.34. The van der Waals surface area contributed by atoms with Gasteiger partial charge < -0.3 is 15.6 Å². The third kappa shape index (κ3) is 3.26. The fourth-order valence-electron chi connectivity index (χ4n) is 1.78. The van der Waals surface area contributed by atoms with Crippen LogP contribution in [0.4, 0.5) is 10.5 Å². The highest BCUT2D eigenvalue weighted by molar-refractivity contribution is 5.92. The van der Waals surface area contributed by atoms with E-state index in [0.29, 0.717) is 12.5 Å². The van der Waals surface area contributed by atoms with Gasteiger partial charge in [-0.1, -0.05) is 19.9 Å². The molecule has 1 aromatic carbocycles. The third-order valence-corrected chi connectivity index (χ3v) is 2.82. The normalized spacial score (nSPS) is 10.8. The third-order valence-electron chi connectivity index (χ3n) is 2.82. The molecule has 1 heterocycles. The van der Waals surface area contributed by atoms with Crippen LogP contribution in [0, 0.1) is 5.92 Å². The minimum atomic E-state index is -0.151. The van der Waals surface area contributed by atoms with Crippen LogP contribution in [-0.2, 0) is 0 Å². The molecule has 0 saturated carbocycles. The Balaban J connectivity index is 1.90. The highest BCUT2D eigenvalue weighted by Crippen LogP contribution is 2.17. The van der Waals surface area contributed by atoms with Gasteiger partial charge in [-0.2, -0.15) is 0 Å². The van der Waals surface area contributed by atoms with Crippen molar-refractivity contribution in [2.45, 2.75) is 20.3 Å². The van der Waals surface area contributed by atoms with Gasteiger partial charge in [-0.15, -0.1) is 0 Å². The van der Waals surface area contributed by atoms with Crippen molar-refractivity contribution < 1.29 is 4.79 Å². The summed E-state index contributed by atoms with van der Waals surface area (Å²) in [5, 5.41) is 6.81. The first-order valence-electron chi connectivity index (χ1n) is 6.27. The lowest BCUT2D eigenvalue weighted by Crippen LogP contribution is -2.30. The van der Waals surface area contributed by atoms with Gasteiger partial charge in [0.15, 0.2) is 0 Å². The van der Waals surface area contributed by atoms with E-state index in [-0.39, 0.29) is 6.03 Å². The fraction of sp³-hybridized carbons (Fsp3) is 0.357. The van der Waals surface area contributed by atoms with Gasteiger partial charge in [-0.25, -0.2) is 4.79 Å². The van der Waals surface area contributed by atoms with Crippen molar-refractivity contribution in [1.29, 1.82) is 0 Å². The van der Waals surface area contributed by atoms with E-state index in [1.54, 1.807) is 0 Å². The van der Waals surface area contributed by atoms with E-state index in [4.69, 9.17) is 0 Å². The Morgan fingerprint density at radius 3 is 2.94 bits per heavy atom. The van der Waals surface area contributed by atoms with Gasteiger partial charge in [0.1, 0.15) is 0 Å². The Bertz CT molecular complexity index is 531. The highest BCUT2D eigenvalue weighted by Gasteiger charge is 2.03. The molecule has 4 nitrogen and oxygen atoms in total. The summed E-state index contributed by atoms with van der Waals surface area (Å²) < 4.78 is 0. The van der Waals surface area contributed by atoms with Crippen molar-refractivity contribution in [3.05, 3.63) is 30.5 Å². The average molecular weight is 245 g/mol. The molecule has 18 heavy (non-hydrogen) atoms. The van der Waals surface area contributed by atoms with Crippen LogP contribution in [0.15, 0.2) is 30.5 Å². The standard InChI is InChI=1S/C14H19N3O/c1-10(2)5-7-16-14(18)17-12-4-3-11-6-8-15-13(11)9-12/h3-4,6,8-10,15H,5,7H2,1-2H3,(H2,16,17,18). The molecule has 4 heteroatoms. The summed E-state index contributed by atoms with van der Waals surface area (Å²) in [7, 11) is 0. The fourth-order valence-corrected chi connectivity index (χ4v) is 1.78. The van der Waals surface area contributed by atoms with Gasteiger partial charge in [-0.3, -0.25) is 0 Å². The molecule has 0 radical (unpaired) electrons. The van der Waals surface area contributed by atoms with Gasteiger partial charge in [0.05, 0.1) is 0 Å². The summed E-state index contributed by atoms with van der Waals surface area (Å²) in [6, 6.07) is 7.66. The van der Waals surface area contributed by atoms with E-state index in [0.717, 1.165) is 23.0 Å².